The van der Waals surface area contributed by atoms with Gasteiger partial charge in [-0.1, -0.05) is 23.7 Å². The summed E-state index contributed by atoms with van der Waals surface area (Å²) in [5.41, 5.74) is 3.35. The zero-order chi connectivity index (χ0) is 19.7. The molecule has 0 spiro atoms. The smallest absolute Gasteiger partial charge is 0.231 e. The third-order valence-electron chi connectivity index (χ3n) is 4.99. The highest BCUT2D eigenvalue weighted by atomic mass is 35.5. The first-order valence-corrected chi connectivity index (χ1v) is 9.65. The summed E-state index contributed by atoms with van der Waals surface area (Å²) < 4.78 is 17.0. The van der Waals surface area contributed by atoms with Crippen LogP contribution in [0.25, 0.3) is 6.08 Å². The Morgan fingerprint density at radius 1 is 1.25 bits per heavy atom. The summed E-state index contributed by atoms with van der Waals surface area (Å²) in [5.74, 6) is 1.63. The molecular formula is C22H22ClNO4. The lowest BCUT2D eigenvalue weighted by atomic mass is 10.00. The standard InChI is InChI=1S/C22H22ClNO4/c1-14-21-16(12-24(13-27-21)8-3-9-26-2)11-18-20(25)19(28-22(14)18)10-15-4-6-17(23)7-5-15/h4-7,10-11H,3,8-9,12-13H2,1-2H3/b19-10-. The summed E-state index contributed by atoms with van der Waals surface area (Å²) in [5, 5.41) is 0.653. The Morgan fingerprint density at radius 2 is 2.04 bits per heavy atom. The zero-order valence-electron chi connectivity index (χ0n) is 16.0. The second-order valence-corrected chi connectivity index (χ2v) is 7.47. The minimum absolute atomic E-state index is 0.104. The maximum atomic E-state index is 12.9. The summed E-state index contributed by atoms with van der Waals surface area (Å²) >= 11 is 5.93. The molecule has 2 aliphatic heterocycles. The molecule has 0 radical (unpaired) electrons. The highest BCUT2D eigenvalue weighted by Crippen LogP contribution is 2.43. The Kier molecular flexibility index (Phi) is 5.40. The van der Waals surface area contributed by atoms with Crippen LogP contribution in [0.1, 0.15) is 33.5 Å². The molecule has 0 aromatic heterocycles. The van der Waals surface area contributed by atoms with E-state index in [4.69, 9.17) is 25.8 Å². The molecule has 2 aliphatic rings. The van der Waals surface area contributed by atoms with Crippen LogP contribution in [-0.2, 0) is 11.3 Å². The van der Waals surface area contributed by atoms with Gasteiger partial charge in [0.2, 0.25) is 5.78 Å². The van der Waals surface area contributed by atoms with Crippen molar-refractivity contribution in [3.63, 3.8) is 0 Å². The quantitative estimate of drug-likeness (QED) is 0.549. The zero-order valence-corrected chi connectivity index (χ0v) is 16.7. The van der Waals surface area contributed by atoms with Crippen LogP contribution >= 0.6 is 11.6 Å². The van der Waals surface area contributed by atoms with Gasteiger partial charge in [0.15, 0.2) is 5.76 Å². The van der Waals surface area contributed by atoms with E-state index in [0.29, 0.717) is 28.8 Å². The Bertz CT molecular complexity index is 937. The lowest BCUT2D eigenvalue weighted by Crippen LogP contribution is -2.33. The van der Waals surface area contributed by atoms with Crippen LogP contribution < -0.4 is 9.47 Å². The van der Waals surface area contributed by atoms with Crippen molar-refractivity contribution >= 4 is 23.5 Å². The number of carbonyl (C=O) groups excluding carboxylic acids is 1. The number of hydrogen-bond acceptors (Lipinski definition) is 5. The average Bonchev–Trinajstić information content (AvgIpc) is 3.00. The molecule has 0 fully saturated rings. The van der Waals surface area contributed by atoms with Gasteiger partial charge in [-0.15, -0.1) is 0 Å². The second-order valence-electron chi connectivity index (χ2n) is 7.03. The Hall–Kier alpha value is -2.34. The molecule has 5 nitrogen and oxygen atoms in total. The van der Waals surface area contributed by atoms with E-state index < -0.39 is 0 Å². The van der Waals surface area contributed by atoms with E-state index >= 15 is 0 Å². The second kappa shape index (κ2) is 7.95. The number of Topliss-reactive ketones (excluding diaryl/α,β-unsaturated/α-hetero) is 1. The van der Waals surface area contributed by atoms with Gasteiger partial charge in [-0.2, -0.15) is 0 Å². The molecule has 0 N–H and O–H groups in total. The average molecular weight is 400 g/mol. The van der Waals surface area contributed by atoms with Crippen molar-refractivity contribution in [2.45, 2.75) is 19.9 Å². The summed E-state index contributed by atoms with van der Waals surface area (Å²) in [4.78, 5) is 15.1. The van der Waals surface area contributed by atoms with E-state index in [1.165, 1.54) is 0 Å². The van der Waals surface area contributed by atoms with Crippen molar-refractivity contribution in [3.05, 3.63) is 63.4 Å². The number of ether oxygens (including phenoxy) is 3. The van der Waals surface area contributed by atoms with Gasteiger partial charge in [-0.3, -0.25) is 9.69 Å². The molecule has 2 aromatic carbocycles. The number of allylic oxidation sites excluding steroid dienone is 1. The van der Waals surface area contributed by atoms with E-state index in [1.54, 1.807) is 25.3 Å². The number of methoxy groups -OCH3 is 1. The van der Waals surface area contributed by atoms with Crippen molar-refractivity contribution in [1.82, 2.24) is 4.90 Å². The predicted molar refractivity (Wildman–Crippen MR) is 108 cm³/mol. The predicted octanol–water partition coefficient (Wildman–Crippen LogP) is 4.45. The van der Waals surface area contributed by atoms with E-state index in [1.807, 2.05) is 25.1 Å². The molecular weight excluding hydrogens is 378 g/mol. The Morgan fingerprint density at radius 3 is 2.79 bits per heavy atom. The molecule has 28 heavy (non-hydrogen) atoms. The molecule has 0 atom stereocenters. The van der Waals surface area contributed by atoms with Gasteiger partial charge in [0.25, 0.3) is 0 Å². The van der Waals surface area contributed by atoms with Crippen LogP contribution in [0.3, 0.4) is 0 Å². The number of hydrogen-bond donors (Lipinski definition) is 0. The van der Waals surface area contributed by atoms with Gasteiger partial charge in [-0.05, 0) is 43.2 Å². The number of ketones is 1. The van der Waals surface area contributed by atoms with Gasteiger partial charge >= 0.3 is 0 Å². The first-order valence-electron chi connectivity index (χ1n) is 9.27. The van der Waals surface area contributed by atoms with Gasteiger partial charge < -0.3 is 14.2 Å². The monoisotopic (exact) mass is 399 g/mol. The maximum absolute atomic E-state index is 12.9. The van der Waals surface area contributed by atoms with E-state index in [0.717, 1.165) is 48.6 Å². The van der Waals surface area contributed by atoms with E-state index in [-0.39, 0.29) is 5.78 Å². The minimum atomic E-state index is -0.104. The van der Waals surface area contributed by atoms with Crippen LogP contribution in [-0.4, -0.2) is 37.7 Å². The van der Waals surface area contributed by atoms with Crippen molar-refractivity contribution in [2.75, 3.05) is 27.0 Å². The van der Waals surface area contributed by atoms with Crippen LogP contribution in [0.2, 0.25) is 5.02 Å². The molecule has 0 unspecified atom stereocenters. The molecule has 4 rings (SSSR count). The molecule has 0 saturated heterocycles. The number of nitrogens with zero attached hydrogens (tertiary/aromatic N) is 1. The van der Waals surface area contributed by atoms with Crippen LogP contribution in [0.15, 0.2) is 36.1 Å². The van der Waals surface area contributed by atoms with Gasteiger partial charge in [0.05, 0.1) is 5.56 Å². The Balaban J connectivity index is 1.59. The number of carbonyl (C=O) groups is 1. The summed E-state index contributed by atoms with van der Waals surface area (Å²) in [6.07, 6.45) is 2.68. The Labute approximate surface area is 169 Å². The lowest BCUT2D eigenvalue weighted by Gasteiger charge is -2.30. The molecule has 2 heterocycles. The third kappa shape index (κ3) is 3.65. The lowest BCUT2D eigenvalue weighted by molar-refractivity contribution is 0.0826. The molecule has 0 bridgehead atoms. The number of fused-ring (bicyclic) bond motifs is 2. The number of halogens is 1. The topological polar surface area (TPSA) is 48.0 Å². The molecule has 0 amide bonds. The first kappa shape index (κ1) is 19.0. The SMILES string of the molecule is COCCCN1COc2c(cc3c(c2C)O/C(=C\c2ccc(Cl)cc2)C3=O)C1. The molecule has 146 valence electrons. The fraction of sp³-hybridized carbons (Fsp3) is 0.318. The third-order valence-corrected chi connectivity index (χ3v) is 5.24. The van der Waals surface area contributed by atoms with Crippen LogP contribution in [0.5, 0.6) is 11.5 Å². The molecule has 0 aliphatic carbocycles. The van der Waals surface area contributed by atoms with Crippen molar-refractivity contribution < 1.29 is 19.0 Å². The summed E-state index contributed by atoms with van der Waals surface area (Å²) in [6.45, 7) is 4.82. The van der Waals surface area contributed by atoms with E-state index in [9.17, 15) is 4.79 Å². The van der Waals surface area contributed by atoms with Gasteiger partial charge in [0.1, 0.15) is 18.2 Å². The van der Waals surface area contributed by atoms with Crippen molar-refractivity contribution in [1.29, 1.82) is 0 Å². The van der Waals surface area contributed by atoms with Crippen LogP contribution in [0, 0.1) is 6.92 Å². The van der Waals surface area contributed by atoms with E-state index in [2.05, 4.69) is 4.90 Å². The summed E-state index contributed by atoms with van der Waals surface area (Å²) in [6, 6.07) is 9.19. The van der Waals surface area contributed by atoms with Gasteiger partial charge in [0, 0.05) is 43.0 Å². The normalized spacial score (nSPS) is 17.2. The maximum Gasteiger partial charge on any atom is 0.231 e. The molecule has 6 heteroatoms. The highest BCUT2D eigenvalue weighted by molar-refractivity contribution is 6.30. The fourth-order valence-electron chi connectivity index (χ4n) is 3.58. The molecule has 2 aromatic rings. The number of benzene rings is 2. The highest BCUT2D eigenvalue weighted by Gasteiger charge is 2.33. The van der Waals surface area contributed by atoms with Crippen molar-refractivity contribution in [3.8, 4) is 11.5 Å². The fourth-order valence-corrected chi connectivity index (χ4v) is 3.71. The molecule has 0 saturated carbocycles. The first-order chi connectivity index (χ1) is 13.6. The van der Waals surface area contributed by atoms with Crippen molar-refractivity contribution in [2.24, 2.45) is 0 Å². The number of rotatable bonds is 5. The minimum Gasteiger partial charge on any atom is -0.477 e. The van der Waals surface area contributed by atoms with Gasteiger partial charge in [-0.25, -0.2) is 0 Å². The largest absolute Gasteiger partial charge is 0.477 e. The van der Waals surface area contributed by atoms with Crippen LogP contribution in [0.4, 0.5) is 0 Å². The summed E-state index contributed by atoms with van der Waals surface area (Å²) in [7, 11) is 1.70.